The number of nitriles is 1. The third-order valence-corrected chi connectivity index (χ3v) is 5.16. The summed E-state index contributed by atoms with van der Waals surface area (Å²) in [5.41, 5.74) is 6.42. The lowest BCUT2D eigenvalue weighted by Gasteiger charge is -2.13. The average molecular weight is 497 g/mol. The number of hydrogen-bond acceptors (Lipinski definition) is 6. The smallest absolute Gasteiger partial charge is 0.272 e. The van der Waals surface area contributed by atoms with Crippen LogP contribution in [-0.4, -0.2) is 27.8 Å². The molecule has 0 spiro atoms. The number of halogens is 3. The number of terminal acetylenes is 1. The van der Waals surface area contributed by atoms with Crippen LogP contribution in [0, 0.1) is 29.5 Å². The molecule has 170 valence electrons. The van der Waals surface area contributed by atoms with Crippen LogP contribution in [0.3, 0.4) is 0 Å². The van der Waals surface area contributed by atoms with Gasteiger partial charge in [-0.15, -0.1) is 6.42 Å². The van der Waals surface area contributed by atoms with E-state index in [9.17, 15) is 14.0 Å². The minimum absolute atomic E-state index is 0.0149. The zero-order chi connectivity index (χ0) is 25.0. The number of nitrogens with one attached hydrogen (secondary N) is 2. The Morgan fingerprint density at radius 2 is 1.91 bits per heavy atom. The molecular formula is C23H15Cl2FN6O2. The van der Waals surface area contributed by atoms with Gasteiger partial charge in [-0.1, -0.05) is 29.1 Å². The maximum atomic E-state index is 15.0. The Balaban J connectivity index is 1.88. The lowest BCUT2D eigenvalue weighted by atomic mass is 9.98. The van der Waals surface area contributed by atoms with Gasteiger partial charge in [0.15, 0.2) is 0 Å². The van der Waals surface area contributed by atoms with E-state index in [4.69, 9.17) is 40.6 Å². The molecule has 2 amide bonds. The summed E-state index contributed by atoms with van der Waals surface area (Å²) in [6, 6.07) is 4.59. The Morgan fingerprint density at radius 3 is 2.56 bits per heavy atom. The van der Waals surface area contributed by atoms with E-state index < -0.39 is 23.7 Å². The summed E-state index contributed by atoms with van der Waals surface area (Å²) in [4.78, 5) is 32.6. The van der Waals surface area contributed by atoms with Crippen molar-refractivity contribution in [3.05, 3.63) is 69.5 Å². The second kappa shape index (κ2) is 10.2. The van der Waals surface area contributed by atoms with Crippen LogP contribution in [0.15, 0.2) is 36.8 Å². The molecule has 4 N–H and O–H groups in total. The van der Waals surface area contributed by atoms with Gasteiger partial charge >= 0.3 is 0 Å². The Bertz CT molecular complexity index is 1400. The molecule has 3 aromatic rings. The van der Waals surface area contributed by atoms with Gasteiger partial charge in [0.2, 0.25) is 0 Å². The molecule has 0 aliphatic rings. The SMILES string of the molecule is C#Cc1cncc(N)c1-c1cc(Cl)c(C(=O)Nc2cnc(C(=O)NC(C)C#N)c(Cl)c2)cc1F. The lowest BCUT2D eigenvalue weighted by molar-refractivity contribution is 0.0942. The number of nitrogen functional groups attached to an aromatic ring is 1. The number of nitrogens with two attached hydrogens (primary N) is 1. The van der Waals surface area contributed by atoms with Crippen molar-refractivity contribution in [2.45, 2.75) is 13.0 Å². The number of rotatable bonds is 5. The Hall–Kier alpha value is -4.18. The summed E-state index contributed by atoms with van der Waals surface area (Å²) in [5.74, 6) is 0.209. The van der Waals surface area contributed by atoms with Gasteiger partial charge in [0, 0.05) is 17.3 Å². The minimum Gasteiger partial charge on any atom is -0.397 e. The molecule has 3 rings (SSSR count). The van der Waals surface area contributed by atoms with Crippen LogP contribution in [0.5, 0.6) is 0 Å². The second-order valence-electron chi connectivity index (χ2n) is 6.94. The number of pyridine rings is 2. The Morgan fingerprint density at radius 1 is 1.18 bits per heavy atom. The topological polar surface area (TPSA) is 134 Å². The minimum atomic E-state index is -0.779. The molecule has 1 unspecified atom stereocenters. The maximum absolute atomic E-state index is 15.0. The van der Waals surface area contributed by atoms with Gasteiger partial charge in [-0.3, -0.25) is 14.6 Å². The zero-order valence-corrected chi connectivity index (χ0v) is 19.0. The van der Waals surface area contributed by atoms with E-state index in [2.05, 4.69) is 26.5 Å². The number of hydrogen-bond donors (Lipinski definition) is 3. The summed E-state index contributed by atoms with van der Waals surface area (Å²) < 4.78 is 15.0. The molecule has 0 saturated heterocycles. The third-order valence-electron chi connectivity index (χ3n) is 4.56. The van der Waals surface area contributed by atoms with E-state index in [-0.39, 0.29) is 49.4 Å². The van der Waals surface area contributed by atoms with Gasteiger partial charge in [0.05, 0.1) is 51.0 Å². The highest BCUT2D eigenvalue weighted by atomic mass is 35.5. The van der Waals surface area contributed by atoms with Gasteiger partial charge in [-0.05, 0) is 25.1 Å². The fourth-order valence-electron chi connectivity index (χ4n) is 2.97. The van der Waals surface area contributed by atoms with Crippen molar-refractivity contribution in [1.29, 1.82) is 5.26 Å². The third kappa shape index (κ3) is 5.07. The standard InChI is InChI=1S/C23H15Cl2FN6O2/c1-3-12-8-29-10-19(28)20(12)15-5-16(24)14(6-18(15)26)22(33)32-13-4-17(25)21(30-9-13)23(34)31-11(2)7-27/h1,4-6,8-11H,28H2,2H3,(H,31,34)(H,32,33). The van der Waals surface area contributed by atoms with Crippen molar-refractivity contribution < 1.29 is 14.0 Å². The number of carbonyl (C=O) groups is 2. The van der Waals surface area contributed by atoms with Crippen LogP contribution < -0.4 is 16.4 Å². The van der Waals surface area contributed by atoms with Crippen LogP contribution in [0.4, 0.5) is 15.8 Å². The molecule has 0 radical (unpaired) electrons. The van der Waals surface area contributed by atoms with Gasteiger partial charge in [0.25, 0.3) is 11.8 Å². The fourth-order valence-corrected chi connectivity index (χ4v) is 3.47. The molecule has 8 nitrogen and oxygen atoms in total. The lowest BCUT2D eigenvalue weighted by Crippen LogP contribution is -2.32. The van der Waals surface area contributed by atoms with Gasteiger partial charge < -0.3 is 16.4 Å². The summed E-state index contributed by atoms with van der Waals surface area (Å²) in [6.45, 7) is 1.49. The zero-order valence-electron chi connectivity index (χ0n) is 17.5. The van der Waals surface area contributed by atoms with Gasteiger partial charge in [0.1, 0.15) is 17.6 Å². The van der Waals surface area contributed by atoms with Crippen molar-refractivity contribution in [3.8, 4) is 29.5 Å². The first kappa shape index (κ1) is 24.5. The first-order valence-corrected chi connectivity index (χ1v) is 10.3. The predicted molar refractivity (Wildman–Crippen MR) is 127 cm³/mol. The molecule has 11 heteroatoms. The second-order valence-corrected chi connectivity index (χ2v) is 7.75. The highest BCUT2D eigenvalue weighted by Gasteiger charge is 2.20. The molecule has 1 atom stereocenters. The van der Waals surface area contributed by atoms with Crippen LogP contribution in [-0.2, 0) is 0 Å². The van der Waals surface area contributed by atoms with E-state index >= 15 is 0 Å². The van der Waals surface area contributed by atoms with Crippen molar-refractivity contribution in [3.63, 3.8) is 0 Å². The summed E-state index contributed by atoms with van der Waals surface area (Å²) in [6.07, 6.45) is 9.33. The number of anilines is 2. The molecule has 0 saturated carbocycles. The molecule has 1 aromatic carbocycles. The molecule has 34 heavy (non-hydrogen) atoms. The number of benzene rings is 1. The molecule has 0 fully saturated rings. The van der Waals surface area contributed by atoms with Gasteiger partial charge in [-0.2, -0.15) is 5.26 Å². The number of nitrogens with zero attached hydrogens (tertiary/aromatic N) is 3. The van der Waals surface area contributed by atoms with Crippen molar-refractivity contribution >= 4 is 46.4 Å². The number of carbonyl (C=O) groups excluding carboxylic acids is 2. The van der Waals surface area contributed by atoms with E-state index in [1.54, 1.807) is 0 Å². The van der Waals surface area contributed by atoms with Crippen LogP contribution in [0.1, 0.15) is 33.3 Å². The van der Waals surface area contributed by atoms with Crippen molar-refractivity contribution in [1.82, 2.24) is 15.3 Å². The summed E-state index contributed by atoms with van der Waals surface area (Å²) in [5, 5.41) is 13.6. The van der Waals surface area contributed by atoms with Crippen LogP contribution in [0.25, 0.3) is 11.1 Å². The highest BCUT2D eigenvalue weighted by Crippen LogP contribution is 2.34. The van der Waals surface area contributed by atoms with Gasteiger partial charge in [-0.25, -0.2) is 9.37 Å². The van der Waals surface area contributed by atoms with E-state index in [0.29, 0.717) is 0 Å². The van der Waals surface area contributed by atoms with E-state index in [1.807, 2.05) is 6.07 Å². The summed E-state index contributed by atoms with van der Waals surface area (Å²) >= 11 is 12.4. The monoisotopic (exact) mass is 496 g/mol. The molecule has 0 bridgehead atoms. The van der Waals surface area contributed by atoms with E-state index in [1.165, 1.54) is 37.6 Å². The Labute approximate surface area is 203 Å². The molecule has 0 aliphatic carbocycles. The predicted octanol–water partition coefficient (Wildman–Crippen LogP) is 4.05. The highest BCUT2D eigenvalue weighted by molar-refractivity contribution is 6.35. The van der Waals surface area contributed by atoms with E-state index in [0.717, 1.165) is 6.07 Å². The summed E-state index contributed by atoms with van der Waals surface area (Å²) in [7, 11) is 0. The first-order valence-electron chi connectivity index (χ1n) is 9.53. The van der Waals surface area contributed by atoms with Crippen LogP contribution in [0.2, 0.25) is 10.0 Å². The fraction of sp³-hybridized carbons (Fsp3) is 0.0870. The van der Waals surface area contributed by atoms with Crippen molar-refractivity contribution in [2.24, 2.45) is 0 Å². The first-order chi connectivity index (χ1) is 16.2. The molecule has 0 aliphatic heterocycles. The average Bonchev–Trinajstić information content (AvgIpc) is 2.80. The molecular weight excluding hydrogens is 482 g/mol. The number of aromatic nitrogens is 2. The molecule has 2 aromatic heterocycles. The molecule has 2 heterocycles. The van der Waals surface area contributed by atoms with Crippen LogP contribution >= 0.6 is 23.2 Å². The normalized spacial score (nSPS) is 11.1. The quantitative estimate of drug-likeness (QED) is 0.456. The van der Waals surface area contributed by atoms with Crippen molar-refractivity contribution in [2.75, 3.05) is 11.1 Å². The maximum Gasteiger partial charge on any atom is 0.272 e. The Kier molecular flexibility index (Phi) is 7.32. The largest absolute Gasteiger partial charge is 0.397 e. The number of amides is 2.